The third-order valence-electron chi connectivity index (χ3n) is 1.60. The molecule has 0 rings (SSSR count). The highest BCUT2D eigenvalue weighted by Gasteiger charge is 2.12. The van der Waals surface area contributed by atoms with Crippen LogP contribution >= 0.6 is 11.8 Å². The molecular formula is C9H17NO4S. The fourth-order valence-electron chi connectivity index (χ4n) is 0.713. The highest BCUT2D eigenvalue weighted by atomic mass is 32.2. The van der Waals surface area contributed by atoms with Gasteiger partial charge in [-0.05, 0) is 6.42 Å². The molecule has 0 saturated heterocycles. The summed E-state index contributed by atoms with van der Waals surface area (Å²) in [5.74, 6) is -0.990. The number of carboxylic acids is 1. The van der Waals surface area contributed by atoms with Crippen LogP contribution in [0, 0.1) is 0 Å². The monoisotopic (exact) mass is 235 g/mol. The predicted octanol–water partition coefficient (Wildman–Crippen LogP) is 0.475. The summed E-state index contributed by atoms with van der Waals surface area (Å²) in [6.45, 7) is 2.44. The van der Waals surface area contributed by atoms with E-state index in [0.29, 0.717) is 6.61 Å². The lowest BCUT2D eigenvalue weighted by Crippen LogP contribution is -2.32. The molecule has 0 aromatic rings. The molecule has 0 aliphatic heterocycles. The second-order valence-electron chi connectivity index (χ2n) is 3.03. The lowest BCUT2D eigenvalue weighted by molar-refractivity contribution is -0.141. The Labute approximate surface area is 93.4 Å². The third kappa shape index (κ3) is 8.26. The van der Waals surface area contributed by atoms with Gasteiger partial charge < -0.3 is 15.6 Å². The van der Waals surface area contributed by atoms with Crippen molar-refractivity contribution in [2.24, 2.45) is 5.73 Å². The smallest absolute Gasteiger partial charge is 0.321 e. The number of carbonyl (C=O) groups excluding carboxylic acids is 1. The average molecular weight is 235 g/mol. The van der Waals surface area contributed by atoms with Gasteiger partial charge in [0.1, 0.15) is 6.04 Å². The van der Waals surface area contributed by atoms with Crippen molar-refractivity contribution in [3.8, 4) is 0 Å². The van der Waals surface area contributed by atoms with Gasteiger partial charge in [0, 0.05) is 5.75 Å². The first-order chi connectivity index (χ1) is 7.07. The Bertz CT molecular complexity index is 210. The number of nitrogens with two attached hydrogens (primary N) is 1. The van der Waals surface area contributed by atoms with Gasteiger partial charge in [0.25, 0.3) is 0 Å². The highest BCUT2D eigenvalue weighted by Crippen LogP contribution is 2.03. The van der Waals surface area contributed by atoms with Crippen molar-refractivity contribution >= 4 is 23.7 Å². The minimum Gasteiger partial charge on any atom is -0.480 e. The molecule has 1 atom stereocenters. The summed E-state index contributed by atoms with van der Waals surface area (Å²) in [4.78, 5) is 21.4. The van der Waals surface area contributed by atoms with Crippen molar-refractivity contribution < 1.29 is 19.4 Å². The van der Waals surface area contributed by atoms with E-state index in [1.165, 1.54) is 11.8 Å². The summed E-state index contributed by atoms with van der Waals surface area (Å²) < 4.78 is 4.88. The Hall–Kier alpha value is -0.750. The Balaban J connectivity index is 3.42. The third-order valence-corrected chi connectivity index (χ3v) is 2.63. The summed E-state index contributed by atoms with van der Waals surface area (Å²) in [6, 6.07) is -0.918. The van der Waals surface area contributed by atoms with E-state index in [4.69, 9.17) is 15.6 Å². The molecule has 15 heavy (non-hydrogen) atoms. The zero-order valence-electron chi connectivity index (χ0n) is 8.77. The molecule has 0 aromatic carbocycles. The number of carbonyl (C=O) groups is 2. The lowest BCUT2D eigenvalue weighted by atomic mass is 10.4. The number of ether oxygens (including phenoxy) is 1. The SMILES string of the molecule is CCCCOC(=O)CSC[C@@H](N)C(=O)O. The summed E-state index contributed by atoms with van der Waals surface area (Å²) in [7, 11) is 0. The quantitative estimate of drug-likeness (QED) is 0.469. The van der Waals surface area contributed by atoms with E-state index in [0.717, 1.165) is 12.8 Å². The van der Waals surface area contributed by atoms with Crippen molar-refractivity contribution in [3.63, 3.8) is 0 Å². The summed E-state index contributed by atoms with van der Waals surface area (Å²) in [6.07, 6.45) is 1.83. The molecule has 3 N–H and O–H groups in total. The van der Waals surface area contributed by atoms with Crippen LogP contribution in [0.3, 0.4) is 0 Å². The first-order valence-corrected chi connectivity index (χ1v) is 5.95. The molecule has 6 heteroatoms. The Morgan fingerprint density at radius 1 is 1.53 bits per heavy atom. The topological polar surface area (TPSA) is 89.6 Å². The van der Waals surface area contributed by atoms with Gasteiger partial charge in [0.15, 0.2) is 0 Å². The largest absolute Gasteiger partial charge is 0.480 e. The van der Waals surface area contributed by atoms with E-state index in [1.807, 2.05) is 6.92 Å². The maximum Gasteiger partial charge on any atom is 0.321 e. The molecule has 0 radical (unpaired) electrons. The molecule has 0 spiro atoms. The van der Waals surface area contributed by atoms with Crippen molar-refractivity contribution in [2.45, 2.75) is 25.8 Å². The molecule has 0 amide bonds. The maximum atomic E-state index is 11.0. The first kappa shape index (κ1) is 14.2. The fourth-order valence-corrected chi connectivity index (χ4v) is 1.48. The van der Waals surface area contributed by atoms with E-state index in [9.17, 15) is 9.59 Å². The molecule has 0 unspecified atom stereocenters. The van der Waals surface area contributed by atoms with Gasteiger partial charge in [-0.15, -0.1) is 11.8 Å². The number of thioether (sulfide) groups is 1. The molecular weight excluding hydrogens is 218 g/mol. The Morgan fingerprint density at radius 2 is 2.20 bits per heavy atom. The average Bonchev–Trinajstić information content (AvgIpc) is 2.18. The molecule has 88 valence electrons. The minimum absolute atomic E-state index is 0.157. The van der Waals surface area contributed by atoms with Crippen LogP contribution in [0.5, 0.6) is 0 Å². The standard InChI is InChI=1S/C9H17NO4S/c1-2-3-4-14-8(11)6-15-5-7(10)9(12)13/h7H,2-6,10H2,1H3,(H,12,13)/t7-/m1/s1. The minimum atomic E-state index is -1.05. The van der Waals surface area contributed by atoms with Crippen molar-refractivity contribution in [1.82, 2.24) is 0 Å². The zero-order valence-corrected chi connectivity index (χ0v) is 9.59. The highest BCUT2D eigenvalue weighted by molar-refractivity contribution is 8.00. The lowest BCUT2D eigenvalue weighted by Gasteiger charge is -2.06. The summed E-state index contributed by atoms with van der Waals surface area (Å²) in [5.41, 5.74) is 5.25. The second kappa shape index (κ2) is 8.55. The predicted molar refractivity (Wildman–Crippen MR) is 58.8 cm³/mol. The van der Waals surface area contributed by atoms with Crippen LogP contribution in [0.1, 0.15) is 19.8 Å². The normalized spacial score (nSPS) is 12.1. The number of unbranched alkanes of at least 4 members (excludes halogenated alkanes) is 1. The number of carboxylic acid groups (broad SMARTS) is 1. The Kier molecular flexibility index (Phi) is 8.12. The van der Waals surface area contributed by atoms with E-state index in [2.05, 4.69) is 0 Å². The summed E-state index contributed by atoms with van der Waals surface area (Å²) in [5, 5.41) is 8.47. The van der Waals surface area contributed by atoms with Gasteiger partial charge in [0.05, 0.1) is 12.4 Å². The number of esters is 1. The van der Waals surface area contributed by atoms with E-state index in [1.54, 1.807) is 0 Å². The maximum absolute atomic E-state index is 11.0. The molecule has 5 nitrogen and oxygen atoms in total. The molecule has 0 saturated carbocycles. The van der Waals surface area contributed by atoms with Crippen molar-refractivity contribution in [3.05, 3.63) is 0 Å². The number of rotatable bonds is 8. The van der Waals surface area contributed by atoms with Gasteiger partial charge in [-0.1, -0.05) is 13.3 Å². The van der Waals surface area contributed by atoms with Gasteiger partial charge in [0.2, 0.25) is 0 Å². The first-order valence-electron chi connectivity index (χ1n) is 4.79. The molecule has 0 aromatic heterocycles. The van der Waals surface area contributed by atoms with Crippen molar-refractivity contribution in [2.75, 3.05) is 18.1 Å². The van der Waals surface area contributed by atoms with Crippen LogP contribution in [0.2, 0.25) is 0 Å². The van der Waals surface area contributed by atoms with Gasteiger partial charge in [-0.25, -0.2) is 0 Å². The van der Waals surface area contributed by atoms with Crippen LogP contribution in [0.4, 0.5) is 0 Å². The fraction of sp³-hybridized carbons (Fsp3) is 0.778. The van der Waals surface area contributed by atoms with Gasteiger partial charge in [-0.3, -0.25) is 9.59 Å². The Morgan fingerprint density at radius 3 is 2.73 bits per heavy atom. The molecule has 0 aliphatic rings. The zero-order chi connectivity index (χ0) is 11.7. The van der Waals surface area contributed by atoms with Crippen LogP contribution in [0.15, 0.2) is 0 Å². The number of hydrogen-bond donors (Lipinski definition) is 2. The van der Waals surface area contributed by atoms with Crippen LogP contribution in [0.25, 0.3) is 0 Å². The van der Waals surface area contributed by atoms with Crippen LogP contribution in [-0.4, -0.2) is 41.2 Å². The van der Waals surface area contributed by atoms with E-state index >= 15 is 0 Å². The summed E-state index contributed by atoms with van der Waals surface area (Å²) >= 11 is 1.18. The van der Waals surface area contributed by atoms with Crippen molar-refractivity contribution in [1.29, 1.82) is 0 Å². The van der Waals surface area contributed by atoms with E-state index in [-0.39, 0.29) is 17.5 Å². The van der Waals surface area contributed by atoms with Gasteiger partial charge >= 0.3 is 11.9 Å². The number of hydrogen-bond acceptors (Lipinski definition) is 5. The van der Waals surface area contributed by atoms with Gasteiger partial charge in [-0.2, -0.15) is 0 Å². The van der Waals surface area contributed by atoms with Crippen LogP contribution < -0.4 is 5.73 Å². The van der Waals surface area contributed by atoms with Crippen LogP contribution in [-0.2, 0) is 14.3 Å². The number of aliphatic carboxylic acids is 1. The molecule has 0 fully saturated rings. The molecule has 0 heterocycles. The van der Waals surface area contributed by atoms with E-state index < -0.39 is 12.0 Å². The molecule has 0 bridgehead atoms. The second-order valence-corrected chi connectivity index (χ2v) is 4.06. The molecule has 0 aliphatic carbocycles.